The number of hydrogen-bond acceptors (Lipinski definition) is 24. The second-order valence-corrected chi connectivity index (χ2v) is 14.0. The molecule has 0 aromatic heterocycles. The van der Waals surface area contributed by atoms with Crippen LogP contribution in [0.5, 0.6) is 0 Å². The van der Waals surface area contributed by atoms with Crippen molar-refractivity contribution in [1.82, 2.24) is 0 Å². The molecule has 0 amide bonds. The summed E-state index contributed by atoms with van der Waals surface area (Å²) >= 11 is 0. The second-order valence-electron chi connectivity index (χ2n) is 14.0. The molecule has 5 saturated heterocycles. The zero-order chi connectivity index (χ0) is 39.9. The van der Waals surface area contributed by atoms with Crippen LogP contribution >= 0.6 is 0 Å². The van der Waals surface area contributed by atoms with Crippen LogP contribution in [0.2, 0.25) is 0 Å². The molecule has 0 bridgehead atoms. The third-order valence-electron chi connectivity index (χ3n) is 10.2. The van der Waals surface area contributed by atoms with E-state index in [-0.39, 0.29) is 0 Å². The van der Waals surface area contributed by atoms with Crippen molar-refractivity contribution in [2.75, 3.05) is 19.8 Å². The van der Waals surface area contributed by atoms with E-state index in [1.807, 2.05) is 0 Å². The van der Waals surface area contributed by atoms with Crippen molar-refractivity contribution in [3.05, 3.63) is 0 Å². The molecular formula is C30H52O24. The molecule has 5 aliphatic rings. The molecule has 5 aliphatic heterocycles. The van der Waals surface area contributed by atoms with E-state index >= 15 is 0 Å². The topological polar surface area (TPSA) is 387 Å². The summed E-state index contributed by atoms with van der Waals surface area (Å²) in [5, 5.41) is 155. The van der Waals surface area contributed by atoms with Gasteiger partial charge < -0.3 is 119 Å². The number of ether oxygens (including phenoxy) is 9. The van der Waals surface area contributed by atoms with E-state index in [1.165, 1.54) is 13.8 Å². The third kappa shape index (κ3) is 8.87. The normalized spacial score (nSPS) is 54.7. The van der Waals surface area contributed by atoms with Crippen molar-refractivity contribution in [3.63, 3.8) is 0 Å². The lowest BCUT2D eigenvalue weighted by molar-refractivity contribution is -0.380. The molecule has 316 valence electrons. The van der Waals surface area contributed by atoms with E-state index in [2.05, 4.69) is 0 Å². The van der Waals surface area contributed by atoms with Gasteiger partial charge in [0.15, 0.2) is 31.5 Å². The predicted molar refractivity (Wildman–Crippen MR) is 164 cm³/mol. The van der Waals surface area contributed by atoms with Crippen molar-refractivity contribution in [3.8, 4) is 0 Å². The van der Waals surface area contributed by atoms with Crippen LogP contribution < -0.4 is 0 Å². The second kappa shape index (κ2) is 18.3. The molecule has 5 heterocycles. The van der Waals surface area contributed by atoms with Gasteiger partial charge in [-0.2, -0.15) is 0 Å². The lowest BCUT2D eigenvalue weighted by Crippen LogP contribution is -2.66. The zero-order valence-electron chi connectivity index (χ0n) is 28.9. The summed E-state index contributed by atoms with van der Waals surface area (Å²) in [7, 11) is 0. The summed E-state index contributed by atoms with van der Waals surface area (Å²) in [6.45, 7) is 0.398. The van der Waals surface area contributed by atoms with Crippen LogP contribution in [0.25, 0.3) is 0 Å². The van der Waals surface area contributed by atoms with Gasteiger partial charge in [-0.15, -0.1) is 0 Å². The molecule has 0 saturated carbocycles. The Balaban J connectivity index is 1.22. The minimum absolute atomic E-state index is 0.719. The van der Waals surface area contributed by atoms with Crippen LogP contribution in [0.4, 0.5) is 0 Å². The molecule has 0 aliphatic carbocycles. The molecule has 0 aromatic rings. The summed E-state index contributed by atoms with van der Waals surface area (Å²) < 4.78 is 49.5. The van der Waals surface area contributed by atoms with Gasteiger partial charge in [-0.05, 0) is 13.8 Å². The number of rotatable bonds is 11. The number of hydrogen-bond donors (Lipinski definition) is 15. The van der Waals surface area contributed by atoms with Gasteiger partial charge in [0.05, 0.1) is 32.0 Å². The quantitative estimate of drug-likeness (QED) is 0.0923. The molecular weight excluding hydrogens is 744 g/mol. The fraction of sp³-hybridized carbons (Fsp3) is 1.00. The Morgan fingerprint density at radius 2 is 0.778 bits per heavy atom. The molecule has 0 spiro atoms. The van der Waals surface area contributed by atoms with E-state index in [1.54, 1.807) is 0 Å². The smallest absolute Gasteiger partial charge is 0.187 e. The van der Waals surface area contributed by atoms with Crippen LogP contribution in [-0.2, 0) is 42.6 Å². The van der Waals surface area contributed by atoms with Crippen molar-refractivity contribution in [1.29, 1.82) is 0 Å². The molecule has 5 rings (SSSR count). The minimum atomic E-state index is -1.97. The first-order valence-electron chi connectivity index (χ1n) is 17.3. The van der Waals surface area contributed by atoms with Gasteiger partial charge in [0.1, 0.15) is 110 Å². The molecule has 24 nitrogen and oxygen atoms in total. The third-order valence-corrected chi connectivity index (χ3v) is 10.2. The maximum atomic E-state index is 11.2. The van der Waals surface area contributed by atoms with E-state index in [0.717, 1.165) is 0 Å². The summed E-state index contributed by atoms with van der Waals surface area (Å²) in [6.07, 6.45) is -42.1. The summed E-state index contributed by atoms with van der Waals surface area (Å²) in [4.78, 5) is 0. The molecule has 54 heavy (non-hydrogen) atoms. The Morgan fingerprint density at radius 1 is 0.370 bits per heavy atom. The Hall–Kier alpha value is -0.960. The molecule has 5 fully saturated rings. The first-order chi connectivity index (χ1) is 25.4. The zero-order valence-corrected chi connectivity index (χ0v) is 28.9. The molecule has 0 radical (unpaired) electrons. The largest absolute Gasteiger partial charge is 0.394 e. The summed E-state index contributed by atoms with van der Waals surface area (Å²) in [5.41, 5.74) is 0. The van der Waals surface area contributed by atoms with Crippen molar-refractivity contribution < 1.29 is 119 Å². The maximum absolute atomic E-state index is 11.2. The average molecular weight is 797 g/mol. The lowest BCUT2D eigenvalue weighted by atomic mass is 9.96. The van der Waals surface area contributed by atoms with Gasteiger partial charge in [0.2, 0.25) is 0 Å². The molecule has 25 atom stereocenters. The van der Waals surface area contributed by atoms with Crippen molar-refractivity contribution in [2.45, 2.75) is 167 Å². The lowest BCUT2D eigenvalue weighted by Gasteiger charge is -2.48. The highest BCUT2D eigenvalue weighted by Gasteiger charge is 2.54. The van der Waals surface area contributed by atoms with Crippen LogP contribution in [-0.4, -0.2) is 250 Å². The first kappa shape index (κ1) is 44.1. The van der Waals surface area contributed by atoms with E-state index in [0.29, 0.717) is 0 Å². The standard InChI is InChI=1S/C30H52O24/c1-6-23(16(38)18(40)26(45)47-6)52-30-20(42)15(37)12(34)10(51-30)5-46-27-22(44)25(13(35)9(4-32)49-27)54-28-21(43)17(39)24(7(2)48-28)53-29-19(41)14(36)11(33)8(3-31)50-29/h6-45H,3-5H2,1-2H3/t6-,7-,8+,9+,10+,11+,12+,13-,14-,15-,16-,17-,18+,19-,20-,21+,22+,23-,24-,25-,26+,27+,28-,29-,30-/m0/s1. The minimum Gasteiger partial charge on any atom is -0.394 e. The van der Waals surface area contributed by atoms with Gasteiger partial charge in [-0.3, -0.25) is 0 Å². The van der Waals surface area contributed by atoms with E-state index < -0.39 is 173 Å². The molecule has 0 aromatic carbocycles. The Kier molecular flexibility index (Phi) is 15.0. The fourth-order valence-electron chi connectivity index (χ4n) is 6.87. The number of aliphatic hydroxyl groups excluding tert-OH is 15. The van der Waals surface area contributed by atoms with Crippen LogP contribution in [0.1, 0.15) is 13.8 Å². The van der Waals surface area contributed by atoms with E-state index in [4.69, 9.17) is 42.6 Å². The van der Waals surface area contributed by atoms with Crippen molar-refractivity contribution >= 4 is 0 Å². The average Bonchev–Trinajstić information content (AvgIpc) is 3.14. The van der Waals surface area contributed by atoms with Crippen LogP contribution in [0.3, 0.4) is 0 Å². The summed E-state index contributed by atoms with van der Waals surface area (Å²) in [6, 6.07) is 0. The van der Waals surface area contributed by atoms with Gasteiger partial charge in [-0.1, -0.05) is 0 Å². The molecule has 15 N–H and O–H groups in total. The van der Waals surface area contributed by atoms with Gasteiger partial charge in [-0.25, -0.2) is 0 Å². The van der Waals surface area contributed by atoms with Gasteiger partial charge in [0, 0.05) is 0 Å². The predicted octanol–water partition coefficient (Wildman–Crippen LogP) is -9.87. The maximum Gasteiger partial charge on any atom is 0.187 e. The Morgan fingerprint density at radius 3 is 1.33 bits per heavy atom. The van der Waals surface area contributed by atoms with Crippen LogP contribution in [0.15, 0.2) is 0 Å². The van der Waals surface area contributed by atoms with E-state index in [9.17, 15) is 76.6 Å². The highest BCUT2D eigenvalue weighted by atomic mass is 16.8. The Labute approximate surface area is 306 Å². The van der Waals surface area contributed by atoms with Gasteiger partial charge >= 0.3 is 0 Å². The monoisotopic (exact) mass is 796 g/mol. The molecule has 24 heteroatoms. The highest BCUT2D eigenvalue weighted by molar-refractivity contribution is 4.97. The van der Waals surface area contributed by atoms with Crippen molar-refractivity contribution in [2.24, 2.45) is 0 Å². The fourth-order valence-corrected chi connectivity index (χ4v) is 6.87. The SMILES string of the molecule is C[C@@H]1O[C@@H](O)[C@H](O)[C@H](O)[C@H]1O[C@@H]1O[C@H](CO[C@@H]2O[C@H](CO)[C@H](O)[C@H](O[C@@H]3O[C@@H](C)[C@H](O[C@@H]4O[C@H](CO)[C@@H](O)[C@H](O)[C@@H]4O)[C@@H](O)[C@H]3O)[C@H]2O)[C@@H](O)[C@H](O)[C@@H]1O. The summed E-state index contributed by atoms with van der Waals surface area (Å²) in [5.74, 6) is 0. The van der Waals surface area contributed by atoms with Gasteiger partial charge in [0.25, 0.3) is 0 Å². The first-order valence-corrected chi connectivity index (χ1v) is 17.3. The van der Waals surface area contributed by atoms with Crippen LogP contribution in [0, 0.1) is 0 Å². The Bertz CT molecular complexity index is 1170. The highest BCUT2D eigenvalue weighted by Crippen LogP contribution is 2.34. The number of aliphatic hydroxyl groups is 15. The molecule has 0 unspecified atom stereocenters.